The van der Waals surface area contributed by atoms with Gasteiger partial charge in [0, 0.05) is 9.50 Å². The molecule has 0 radical (unpaired) electrons. The zero-order chi connectivity index (χ0) is 13.4. The monoisotopic (exact) mass is 398 g/mol. The van der Waals surface area contributed by atoms with E-state index in [1.807, 2.05) is 12.1 Å². The normalized spacial score (nSPS) is 15.3. The molecule has 0 heterocycles. The maximum atomic E-state index is 6.00. The molecule has 1 aliphatic rings. The molecule has 3 rings (SSSR count). The largest absolute Gasteiger partial charge is 0.0843 e. The fraction of sp³-hybridized carbons (Fsp3) is 0.250. The molecule has 3 heteroatoms. The average Bonchev–Trinajstić information content (AvgIpc) is 2.85. The third-order valence-electron chi connectivity index (χ3n) is 3.65. The van der Waals surface area contributed by atoms with Crippen LogP contribution in [0.3, 0.4) is 0 Å². The van der Waals surface area contributed by atoms with Gasteiger partial charge in [0.1, 0.15) is 0 Å². The fourth-order valence-electron chi connectivity index (χ4n) is 2.64. The molecule has 0 amide bonds. The molecular formula is C16H13Br2Cl. The summed E-state index contributed by atoms with van der Waals surface area (Å²) in [6.07, 6.45) is 3.73. The Balaban J connectivity index is 1.97. The predicted molar refractivity (Wildman–Crippen MR) is 88.4 cm³/mol. The second-order valence-electron chi connectivity index (χ2n) is 4.91. The first kappa shape index (κ1) is 13.7. The molecule has 0 fully saturated rings. The first-order valence-electron chi connectivity index (χ1n) is 6.36. The van der Waals surface area contributed by atoms with Crippen LogP contribution in [0.2, 0.25) is 5.02 Å². The van der Waals surface area contributed by atoms with Gasteiger partial charge in [-0.2, -0.15) is 0 Å². The average molecular weight is 401 g/mol. The zero-order valence-electron chi connectivity index (χ0n) is 10.3. The Morgan fingerprint density at radius 1 is 1.00 bits per heavy atom. The van der Waals surface area contributed by atoms with Crippen molar-refractivity contribution in [3.05, 3.63) is 68.1 Å². The standard InChI is InChI=1S/C16H13Br2Cl/c17-15-9-13(19)6-7-14(15)16(18)12-5-4-10-2-1-3-11(10)8-12/h4-9,16H,1-3H2. The summed E-state index contributed by atoms with van der Waals surface area (Å²) in [6, 6.07) is 12.8. The molecule has 1 aliphatic carbocycles. The molecule has 0 bridgehead atoms. The highest BCUT2D eigenvalue weighted by Gasteiger charge is 2.17. The molecule has 0 spiro atoms. The van der Waals surface area contributed by atoms with Crippen LogP contribution in [0, 0.1) is 0 Å². The van der Waals surface area contributed by atoms with Crippen LogP contribution < -0.4 is 0 Å². The summed E-state index contributed by atoms with van der Waals surface area (Å²) in [5, 5.41) is 0.754. The van der Waals surface area contributed by atoms with Gasteiger partial charge >= 0.3 is 0 Å². The molecule has 1 unspecified atom stereocenters. The molecule has 0 aromatic heterocycles. The Hall–Kier alpha value is -0.310. The minimum atomic E-state index is 0.199. The van der Waals surface area contributed by atoms with Gasteiger partial charge in [-0.25, -0.2) is 0 Å². The SMILES string of the molecule is Clc1ccc(C(Br)c2ccc3c(c2)CCC3)c(Br)c1. The van der Waals surface area contributed by atoms with Crippen LogP contribution in [-0.2, 0) is 12.8 Å². The van der Waals surface area contributed by atoms with Crippen molar-refractivity contribution in [1.82, 2.24) is 0 Å². The zero-order valence-corrected chi connectivity index (χ0v) is 14.2. The van der Waals surface area contributed by atoms with E-state index in [1.54, 1.807) is 0 Å². The number of alkyl halides is 1. The molecule has 0 aliphatic heterocycles. The summed E-state index contributed by atoms with van der Waals surface area (Å²) in [5.41, 5.74) is 5.54. The van der Waals surface area contributed by atoms with Gasteiger partial charge in [-0.3, -0.25) is 0 Å². The van der Waals surface area contributed by atoms with Gasteiger partial charge < -0.3 is 0 Å². The van der Waals surface area contributed by atoms with Crippen LogP contribution >= 0.6 is 43.5 Å². The van der Waals surface area contributed by atoms with Crippen molar-refractivity contribution < 1.29 is 0 Å². The quantitative estimate of drug-likeness (QED) is 0.536. The lowest BCUT2D eigenvalue weighted by Crippen LogP contribution is -1.96. The maximum absolute atomic E-state index is 6.00. The van der Waals surface area contributed by atoms with Crippen molar-refractivity contribution in [2.24, 2.45) is 0 Å². The molecule has 0 saturated carbocycles. The smallest absolute Gasteiger partial charge is 0.0655 e. The molecular weight excluding hydrogens is 387 g/mol. The van der Waals surface area contributed by atoms with E-state index in [0.29, 0.717) is 0 Å². The Morgan fingerprint density at radius 3 is 2.58 bits per heavy atom. The van der Waals surface area contributed by atoms with Gasteiger partial charge in [0.05, 0.1) is 4.83 Å². The number of aryl methyl sites for hydroxylation is 2. The molecule has 0 nitrogen and oxygen atoms in total. The van der Waals surface area contributed by atoms with Crippen molar-refractivity contribution >= 4 is 43.5 Å². The maximum Gasteiger partial charge on any atom is 0.0655 e. The number of hydrogen-bond donors (Lipinski definition) is 0. The van der Waals surface area contributed by atoms with E-state index >= 15 is 0 Å². The Bertz CT molecular complexity index is 622. The van der Waals surface area contributed by atoms with Crippen molar-refractivity contribution in [3.63, 3.8) is 0 Å². The number of rotatable bonds is 2. The summed E-state index contributed by atoms with van der Waals surface area (Å²) >= 11 is 13.4. The van der Waals surface area contributed by atoms with Gasteiger partial charge in [-0.1, -0.05) is 67.7 Å². The topological polar surface area (TPSA) is 0 Å². The minimum absolute atomic E-state index is 0.199. The number of halogens is 3. The van der Waals surface area contributed by atoms with Gasteiger partial charge in [0.25, 0.3) is 0 Å². The third-order valence-corrected chi connectivity index (χ3v) is 5.59. The van der Waals surface area contributed by atoms with E-state index in [2.05, 4.69) is 56.1 Å². The molecule has 2 aromatic rings. The van der Waals surface area contributed by atoms with Crippen LogP contribution in [0.4, 0.5) is 0 Å². The first-order chi connectivity index (χ1) is 9.15. The van der Waals surface area contributed by atoms with Crippen LogP contribution in [-0.4, -0.2) is 0 Å². The van der Waals surface area contributed by atoms with Crippen molar-refractivity contribution in [2.75, 3.05) is 0 Å². The van der Waals surface area contributed by atoms with E-state index in [0.717, 1.165) is 9.50 Å². The second-order valence-corrected chi connectivity index (χ2v) is 7.12. The number of benzene rings is 2. The van der Waals surface area contributed by atoms with E-state index in [1.165, 1.54) is 41.5 Å². The lowest BCUT2D eigenvalue weighted by atomic mass is 10.0. The van der Waals surface area contributed by atoms with E-state index in [4.69, 9.17) is 11.6 Å². The summed E-state index contributed by atoms with van der Waals surface area (Å²) in [4.78, 5) is 0.199. The summed E-state index contributed by atoms with van der Waals surface area (Å²) in [6.45, 7) is 0. The van der Waals surface area contributed by atoms with E-state index < -0.39 is 0 Å². The Kier molecular flexibility index (Phi) is 4.02. The van der Waals surface area contributed by atoms with Crippen LogP contribution in [0.15, 0.2) is 40.9 Å². The van der Waals surface area contributed by atoms with Crippen molar-refractivity contribution in [1.29, 1.82) is 0 Å². The van der Waals surface area contributed by atoms with Gasteiger partial charge in [0.15, 0.2) is 0 Å². The highest BCUT2D eigenvalue weighted by Crippen LogP contribution is 2.38. The number of fused-ring (bicyclic) bond motifs is 1. The summed E-state index contributed by atoms with van der Waals surface area (Å²) < 4.78 is 1.04. The molecule has 0 N–H and O–H groups in total. The van der Waals surface area contributed by atoms with Crippen LogP contribution in [0.25, 0.3) is 0 Å². The highest BCUT2D eigenvalue weighted by atomic mass is 79.9. The molecule has 19 heavy (non-hydrogen) atoms. The molecule has 0 saturated heterocycles. The lowest BCUT2D eigenvalue weighted by molar-refractivity contribution is 0.911. The van der Waals surface area contributed by atoms with Crippen LogP contribution in [0.5, 0.6) is 0 Å². The third kappa shape index (κ3) is 2.76. The molecule has 1 atom stereocenters. The summed E-state index contributed by atoms with van der Waals surface area (Å²) in [5.74, 6) is 0. The predicted octanol–water partition coefficient (Wildman–Crippen LogP) is 6.08. The van der Waals surface area contributed by atoms with Crippen molar-refractivity contribution in [2.45, 2.75) is 24.1 Å². The lowest BCUT2D eigenvalue weighted by Gasteiger charge is -2.14. The Morgan fingerprint density at radius 2 is 1.79 bits per heavy atom. The minimum Gasteiger partial charge on any atom is -0.0843 e. The van der Waals surface area contributed by atoms with Crippen LogP contribution in [0.1, 0.15) is 33.5 Å². The van der Waals surface area contributed by atoms with Gasteiger partial charge in [0.2, 0.25) is 0 Å². The van der Waals surface area contributed by atoms with Gasteiger partial charge in [-0.15, -0.1) is 0 Å². The molecule has 2 aromatic carbocycles. The molecule has 98 valence electrons. The highest BCUT2D eigenvalue weighted by molar-refractivity contribution is 9.11. The number of hydrogen-bond acceptors (Lipinski definition) is 0. The van der Waals surface area contributed by atoms with E-state index in [-0.39, 0.29) is 4.83 Å². The summed E-state index contributed by atoms with van der Waals surface area (Å²) in [7, 11) is 0. The van der Waals surface area contributed by atoms with Gasteiger partial charge in [-0.05, 0) is 53.6 Å². The fourth-order valence-corrected chi connectivity index (χ4v) is 4.54. The second kappa shape index (κ2) is 5.59. The Labute approximate surface area is 135 Å². The van der Waals surface area contributed by atoms with Crippen molar-refractivity contribution in [3.8, 4) is 0 Å². The van der Waals surface area contributed by atoms with E-state index in [9.17, 15) is 0 Å². The first-order valence-corrected chi connectivity index (χ1v) is 8.44.